The van der Waals surface area contributed by atoms with Crippen LogP contribution in [0.1, 0.15) is 12.8 Å². The molecule has 222 valence electrons. The summed E-state index contributed by atoms with van der Waals surface area (Å²) in [6.07, 6.45) is 7.19. The van der Waals surface area contributed by atoms with E-state index in [2.05, 4.69) is 60.6 Å². The van der Waals surface area contributed by atoms with Crippen LogP contribution in [0.3, 0.4) is 0 Å². The molecule has 2 aliphatic rings. The Hall–Kier alpha value is -4.63. The smallest absolute Gasteiger partial charge is 0.256 e. The van der Waals surface area contributed by atoms with E-state index in [4.69, 9.17) is 14.5 Å². The number of nitrogens with zero attached hydrogens (tertiary/aromatic N) is 5. The Morgan fingerprint density at radius 1 is 1.12 bits per heavy atom. The number of ether oxygens (including phenoxy) is 2. The maximum absolute atomic E-state index is 12.7. The van der Waals surface area contributed by atoms with Gasteiger partial charge in [0.2, 0.25) is 5.95 Å². The van der Waals surface area contributed by atoms with Gasteiger partial charge in [-0.2, -0.15) is 0 Å². The Morgan fingerprint density at radius 2 is 1.91 bits per heavy atom. The quantitative estimate of drug-likeness (QED) is 0.223. The molecule has 0 radical (unpaired) electrons. The Morgan fingerprint density at radius 3 is 2.67 bits per heavy atom. The normalized spacial score (nSPS) is 16.1. The number of para-hydroxylation sites is 1. The Balaban J connectivity index is 1.29. The van der Waals surface area contributed by atoms with Crippen LogP contribution in [0.25, 0.3) is 22.2 Å². The minimum absolute atomic E-state index is 0.301. The van der Waals surface area contributed by atoms with Crippen molar-refractivity contribution in [2.45, 2.75) is 18.9 Å². The number of fused-ring (bicyclic) bond motifs is 1. The van der Waals surface area contributed by atoms with E-state index >= 15 is 0 Å². The van der Waals surface area contributed by atoms with Crippen molar-refractivity contribution in [2.75, 3.05) is 62.0 Å². The van der Waals surface area contributed by atoms with Crippen molar-refractivity contribution in [1.29, 1.82) is 0 Å². The van der Waals surface area contributed by atoms with Gasteiger partial charge in [0.1, 0.15) is 5.75 Å². The number of hydrogen-bond donors (Lipinski definition) is 2. The number of amides is 1. The number of methoxy groups -OCH3 is 1. The second kappa shape index (κ2) is 12.7. The van der Waals surface area contributed by atoms with E-state index in [-0.39, 0.29) is 5.91 Å². The van der Waals surface area contributed by atoms with Crippen LogP contribution in [0.15, 0.2) is 73.2 Å². The third kappa shape index (κ3) is 6.12. The van der Waals surface area contributed by atoms with Crippen molar-refractivity contribution in [2.24, 2.45) is 7.05 Å². The number of morpholine rings is 1. The Kier molecular flexibility index (Phi) is 8.42. The molecule has 0 atom stereocenters. The number of aryl methyl sites for hydroxylation is 1. The van der Waals surface area contributed by atoms with Crippen molar-refractivity contribution < 1.29 is 14.3 Å². The number of rotatable bonds is 8. The van der Waals surface area contributed by atoms with Crippen LogP contribution in [0.4, 0.5) is 23.0 Å². The second-order valence-corrected chi connectivity index (χ2v) is 10.8. The van der Waals surface area contributed by atoms with Gasteiger partial charge in [-0.1, -0.05) is 24.8 Å². The molecule has 2 fully saturated rings. The van der Waals surface area contributed by atoms with Crippen molar-refractivity contribution >= 4 is 39.8 Å². The van der Waals surface area contributed by atoms with E-state index in [1.54, 1.807) is 13.3 Å². The third-order valence-electron chi connectivity index (χ3n) is 8.25. The Bertz CT molecular complexity index is 1660. The molecule has 0 unspecified atom stereocenters. The lowest BCUT2D eigenvalue weighted by Gasteiger charge is -2.41. The lowest BCUT2D eigenvalue weighted by Crippen LogP contribution is -2.49. The number of hydrogen-bond acceptors (Lipinski definition) is 8. The summed E-state index contributed by atoms with van der Waals surface area (Å²) in [6.45, 7) is 8.85. The van der Waals surface area contributed by atoms with Crippen LogP contribution in [0.2, 0.25) is 0 Å². The molecule has 0 spiro atoms. The van der Waals surface area contributed by atoms with Crippen LogP contribution in [0, 0.1) is 0 Å². The van der Waals surface area contributed by atoms with E-state index in [0.717, 1.165) is 80.1 Å². The fraction of sp³-hybridized carbons (Fsp3) is 0.333. The molecule has 10 nitrogen and oxygen atoms in total. The monoisotopic (exact) mass is 579 g/mol. The zero-order valence-corrected chi connectivity index (χ0v) is 24.7. The van der Waals surface area contributed by atoms with Crippen LogP contribution in [-0.2, 0) is 16.6 Å². The highest BCUT2D eigenvalue weighted by molar-refractivity contribution is 6.02. The van der Waals surface area contributed by atoms with Gasteiger partial charge < -0.3 is 29.6 Å². The first-order valence-electron chi connectivity index (χ1n) is 14.6. The van der Waals surface area contributed by atoms with E-state index in [1.165, 1.54) is 6.08 Å². The molecule has 43 heavy (non-hydrogen) atoms. The topological polar surface area (TPSA) is 96.8 Å². The maximum Gasteiger partial charge on any atom is 0.256 e. The van der Waals surface area contributed by atoms with Crippen molar-refractivity contribution in [3.8, 4) is 17.0 Å². The second-order valence-electron chi connectivity index (χ2n) is 10.8. The summed E-state index contributed by atoms with van der Waals surface area (Å²) in [7, 11) is 3.67. The molecule has 10 heteroatoms. The lowest BCUT2D eigenvalue weighted by molar-refractivity contribution is -0.111. The van der Waals surface area contributed by atoms with E-state index in [1.807, 2.05) is 37.4 Å². The zero-order valence-electron chi connectivity index (χ0n) is 24.7. The first-order valence-corrected chi connectivity index (χ1v) is 14.6. The van der Waals surface area contributed by atoms with Crippen LogP contribution < -0.4 is 20.3 Å². The fourth-order valence-electron chi connectivity index (χ4n) is 6.11. The standard InChI is InChI=1S/C33H37N7O3/c1-4-7-32(41)35-27-20-28(31(42-3)21-30(27)40-14-11-23(12-15-40)39-16-18-43-19-17-39)37-33-34-13-10-26(36-33)25-22-38(2)29-9-6-5-8-24(25)29/h5-10,13,20-23H,1,11-12,14-19H2,2-3H3,(H,35,41)(H,34,36,37). The van der Waals surface area contributed by atoms with Crippen molar-refractivity contribution in [1.82, 2.24) is 19.4 Å². The van der Waals surface area contributed by atoms with Gasteiger partial charge in [0, 0.05) is 80.3 Å². The number of piperidine rings is 1. The van der Waals surface area contributed by atoms with Gasteiger partial charge in [-0.15, -0.1) is 5.73 Å². The van der Waals surface area contributed by atoms with Gasteiger partial charge in [0.25, 0.3) is 5.91 Å². The first kappa shape index (κ1) is 28.5. The molecular weight excluding hydrogens is 542 g/mol. The van der Waals surface area contributed by atoms with Gasteiger partial charge >= 0.3 is 0 Å². The van der Waals surface area contributed by atoms with E-state index < -0.39 is 0 Å². The summed E-state index contributed by atoms with van der Waals surface area (Å²) in [6, 6.07) is 14.5. The van der Waals surface area contributed by atoms with E-state index in [0.29, 0.717) is 29.1 Å². The summed E-state index contributed by atoms with van der Waals surface area (Å²) in [4.78, 5) is 26.8. The average Bonchev–Trinajstić information content (AvgIpc) is 3.38. The summed E-state index contributed by atoms with van der Waals surface area (Å²) >= 11 is 0. The van der Waals surface area contributed by atoms with Crippen LogP contribution >= 0.6 is 0 Å². The molecule has 2 aromatic carbocycles. The highest BCUT2D eigenvalue weighted by Gasteiger charge is 2.28. The minimum atomic E-state index is -0.301. The third-order valence-corrected chi connectivity index (χ3v) is 8.25. The number of benzene rings is 2. The van der Waals surface area contributed by atoms with Crippen LogP contribution in [-0.4, -0.2) is 77.9 Å². The molecule has 2 N–H and O–H groups in total. The zero-order chi connectivity index (χ0) is 29.8. The number of carbonyl (C=O) groups excluding carboxylic acids is 1. The average molecular weight is 580 g/mol. The fourth-order valence-corrected chi connectivity index (χ4v) is 6.11. The predicted octanol–water partition coefficient (Wildman–Crippen LogP) is 4.97. The van der Waals surface area contributed by atoms with E-state index in [9.17, 15) is 4.79 Å². The largest absolute Gasteiger partial charge is 0.494 e. The highest BCUT2D eigenvalue weighted by Crippen LogP contribution is 2.40. The summed E-state index contributed by atoms with van der Waals surface area (Å²) in [5.41, 5.74) is 7.73. The van der Waals surface area contributed by atoms with Gasteiger partial charge in [-0.05, 0) is 31.0 Å². The molecule has 4 heterocycles. The van der Waals surface area contributed by atoms with Gasteiger partial charge in [0.15, 0.2) is 0 Å². The van der Waals surface area contributed by atoms with Gasteiger partial charge in [-0.3, -0.25) is 9.69 Å². The number of aromatic nitrogens is 3. The molecule has 0 aliphatic carbocycles. The van der Waals surface area contributed by atoms with Gasteiger partial charge in [-0.25, -0.2) is 9.97 Å². The van der Waals surface area contributed by atoms with Crippen molar-refractivity contribution in [3.05, 3.63) is 73.2 Å². The van der Waals surface area contributed by atoms with Crippen molar-refractivity contribution in [3.63, 3.8) is 0 Å². The predicted molar refractivity (Wildman–Crippen MR) is 170 cm³/mol. The number of nitrogens with one attached hydrogen (secondary N) is 2. The number of carbonyl (C=O) groups is 1. The molecule has 2 saturated heterocycles. The summed E-state index contributed by atoms with van der Waals surface area (Å²) < 4.78 is 13.5. The summed E-state index contributed by atoms with van der Waals surface area (Å²) in [5.74, 6) is 0.748. The molecule has 6 rings (SSSR count). The summed E-state index contributed by atoms with van der Waals surface area (Å²) in [5, 5.41) is 7.47. The SMILES string of the molecule is C=C=CC(=O)Nc1cc(Nc2nccc(-c3cn(C)c4ccccc34)n2)c(OC)cc1N1CCC(N2CCOCC2)CC1. The molecule has 0 saturated carbocycles. The number of anilines is 4. The van der Waals surface area contributed by atoms with Crippen LogP contribution in [0.5, 0.6) is 5.75 Å². The highest BCUT2D eigenvalue weighted by atomic mass is 16.5. The maximum atomic E-state index is 12.7. The lowest BCUT2D eigenvalue weighted by atomic mass is 10.0. The molecule has 2 aromatic heterocycles. The molecular formula is C33H37N7O3. The molecule has 0 bridgehead atoms. The molecule has 4 aromatic rings. The molecule has 1 amide bonds. The minimum Gasteiger partial charge on any atom is -0.494 e. The molecule has 2 aliphatic heterocycles. The first-order chi connectivity index (χ1) is 21.0. The van der Waals surface area contributed by atoms with Gasteiger partial charge in [0.05, 0.1) is 43.1 Å². The Labute approximate surface area is 251 Å².